The van der Waals surface area contributed by atoms with E-state index in [0.717, 1.165) is 17.7 Å². The first-order valence-electron chi connectivity index (χ1n) is 12.0. The number of aliphatic hydroxyl groups is 3. The van der Waals surface area contributed by atoms with Crippen molar-refractivity contribution in [3.63, 3.8) is 0 Å². The Morgan fingerprint density at radius 2 is 1.58 bits per heavy atom. The van der Waals surface area contributed by atoms with Gasteiger partial charge in [-0.1, -0.05) is 30.3 Å². The second-order valence-corrected chi connectivity index (χ2v) is 8.73. The van der Waals surface area contributed by atoms with Crippen LogP contribution in [0.5, 0.6) is 0 Å². The lowest BCUT2D eigenvalue weighted by atomic mass is 10.1. The number of amides is 2. The highest BCUT2D eigenvalue weighted by Gasteiger charge is 2.29. The van der Waals surface area contributed by atoms with Crippen LogP contribution in [0.3, 0.4) is 0 Å². The van der Waals surface area contributed by atoms with Gasteiger partial charge in [0.05, 0.1) is 6.61 Å². The monoisotopic (exact) mass is 500 g/mol. The highest BCUT2D eigenvalue weighted by molar-refractivity contribution is 5.94. The molecule has 36 heavy (non-hydrogen) atoms. The van der Waals surface area contributed by atoms with Crippen LogP contribution in [-0.2, 0) is 9.53 Å². The van der Waals surface area contributed by atoms with Crippen LogP contribution in [0.4, 0.5) is 4.39 Å². The molecule has 8 nitrogen and oxygen atoms in total. The zero-order chi connectivity index (χ0) is 25.9. The Morgan fingerprint density at radius 1 is 0.889 bits per heavy atom. The zero-order valence-electron chi connectivity index (χ0n) is 20.1. The van der Waals surface area contributed by atoms with E-state index in [1.54, 1.807) is 11.0 Å². The van der Waals surface area contributed by atoms with E-state index in [1.807, 2.05) is 30.3 Å². The highest BCUT2D eigenvalue weighted by Crippen LogP contribution is 2.12. The Kier molecular flexibility index (Phi) is 10.6. The molecule has 0 saturated carbocycles. The Morgan fingerprint density at radius 3 is 2.31 bits per heavy atom. The Balaban J connectivity index is 1.80. The molecule has 0 spiro atoms. The first kappa shape index (κ1) is 27.5. The first-order valence-corrected chi connectivity index (χ1v) is 12.0. The van der Waals surface area contributed by atoms with Crippen molar-refractivity contribution in [1.82, 2.24) is 9.80 Å². The quantitative estimate of drug-likeness (QED) is 0.554. The number of aliphatic hydroxyl groups excluding tert-OH is 3. The molecule has 3 rings (SSSR count). The van der Waals surface area contributed by atoms with Crippen molar-refractivity contribution in [3.05, 3.63) is 77.6 Å². The molecule has 3 N–H and O–H groups in total. The Hall–Kier alpha value is -3.11. The summed E-state index contributed by atoms with van der Waals surface area (Å²) in [5, 5.41) is 31.0. The number of halogens is 1. The largest absolute Gasteiger partial charge is 0.388 e. The first-order chi connectivity index (χ1) is 17.3. The van der Waals surface area contributed by atoms with Crippen LogP contribution in [0, 0.1) is 5.82 Å². The third-order valence-corrected chi connectivity index (χ3v) is 6.00. The molecule has 9 heteroatoms. The lowest BCUT2D eigenvalue weighted by Gasteiger charge is -2.32. The van der Waals surface area contributed by atoms with Gasteiger partial charge in [0.1, 0.15) is 24.1 Å². The normalized spacial score (nSPS) is 22.8. The van der Waals surface area contributed by atoms with Gasteiger partial charge in [-0.3, -0.25) is 9.59 Å². The average molecular weight is 501 g/mol. The third kappa shape index (κ3) is 8.23. The molecule has 2 aromatic rings. The van der Waals surface area contributed by atoms with E-state index in [-0.39, 0.29) is 37.7 Å². The van der Waals surface area contributed by atoms with E-state index >= 15 is 0 Å². The lowest BCUT2D eigenvalue weighted by molar-refractivity contribution is -0.126. The minimum absolute atomic E-state index is 0.0670. The van der Waals surface area contributed by atoms with Crippen LogP contribution >= 0.6 is 0 Å². The Bertz CT molecular complexity index is 1000. The number of nitrogens with zero attached hydrogens (tertiary/aromatic N) is 2. The van der Waals surface area contributed by atoms with Crippen LogP contribution < -0.4 is 0 Å². The maximum atomic E-state index is 13.4. The van der Waals surface area contributed by atoms with Crippen molar-refractivity contribution >= 4 is 17.9 Å². The molecule has 2 aromatic carbocycles. The van der Waals surface area contributed by atoms with Crippen molar-refractivity contribution < 1.29 is 34.0 Å². The maximum absolute atomic E-state index is 13.4. The number of hydrogen-bond acceptors (Lipinski definition) is 6. The van der Waals surface area contributed by atoms with Crippen molar-refractivity contribution in [3.8, 4) is 0 Å². The van der Waals surface area contributed by atoms with E-state index in [2.05, 4.69) is 0 Å². The van der Waals surface area contributed by atoms with Gasteiger partial charge < -0.3 is 29.9 Å². The maximum Gasteiger partial charge on any atom is 0.254 e. The SMILES string of the molecule is O=C(/C=C/c1ccccc1)N1CCCCOC[C@@H](O)[C@H](O)[C@@H](O)CN(C(=O)c2ccc(F)cc2)CC1. The summed E-state index contributed by atoms with van der Waals surface area (Å²) < 4.78 is 18.8. The number of hydrogen-bond donors (Lipinski definition) is 3. The fraction of sp³-hybridized carbons (Fsp3) is 0.407. The number of carbonyl (C=O) groups excluding carboxylic acids is 2. The van der Waals surface area contributed by atoms with E-state index < -0.39 is 30.0 Å². The number of carbonyl (C=O) groups is 2. The fourth-order valence-corrected chi connectivity index (χ4v) is 3.86. The van der Waals surface area contributed by atoms with Crippen molar-refractivity contribution in [2.45, 2.75) is 31.2 Å². The molecule has 194 valence electrons. The number of rotatable bonds is 3. The summed E-state index contributed by atoms with van der Waals surface area (Å²) in [4.78, 5) is 29.1. The van der Waals surface area contributed by atoms with Gasteiger partial charge in [0.25, 0.3) is 5.91 Å². The summed E-state index contributed by atoms with van der Waals surface area (Å²) in [5.41, 5.74) is 1.08. The minimum Gasteiger partial charge on any atom is -0.388 e. The molecule has 1 aliphatic heterocycles. The van der Waals surface area contributed by atoms with Gasteiger partial charge in [-0.15, -0.1) is 0 Å². The summed E-state index contributed by atoms with van der Waals surface area (Å²) in [6.07, 6.45) is 0.136. The van der Waals surface area contributed by atoms with Crippen LogP contribution in [0.2, 0.25) is 0 Å². The molecule has 0 radical (unpaired) electrons. The average Bonchev–Trinajstić information content (AvgIpc) is 2.89. The molecule has 1 aliphatic rings. The number of β-amino-alcohol motifs (C(OH)–C–C–N with tert-alkyl or cyclic N) is 1. The molecule has 1 heterocycles. The van der Waals surface area contributed by atoms with Crippen molar-refractivity contribution in [2.24, 2.45) is 0 Å². The molecule has 2 amide bonds. The molecule has 0 bridgehead atoms. The summed E-state index contributed by atoms with van der Waals surface area (Å²) in [6, 6.07) is 14.4. The lowest BCUT2D eigenvalue weighted by Crippen LogP contribution is -2.49. The van der Waals surface area contributed by atoms with Crippen molar-refractivity contribution in [1.29, 1.82) is 0 Å². The molecule has 1 saturated heterocycles. The Labute approximate surface area is 210 Å². The van der Waals surface area contributed by atoms with Gasteiger partial charge in [0.15, 0.2) is 0 Å². The predicted molar refractivity (Wildman–Crippen MR) is 132 cm³/mol. The molecule has 3 atom stereocenters. The van der Waals surface area contributed by atoms with Gasteiger partial charge >= 0.3 is 0 Å². The second-order valence-electron chi connectivity index (χ2n) is 8.73. The zero-order valence-corrected chi connectivity index (χ0v) is 20.1. The third-order valence-electron chi connectivity index (χ3n) is 6.00. The topological polar surface area (TPSA) is 111 Å². The molecule has 0 aromatic heterocycles. The standard InChI is InChI=1S/C27H33FN2O6/c28-22-11-9-21(10-12-22)27(35)30-16-15-29(25(33)13-8-20-6-2-1-3-7-20)14-4-5-17-36-19-24(32)26(34)23(31)18-30/h1-3,6-13,23-24,26,31-32,34H,4-5,14-19H2/b13-8+/t23-,24+,26+/m0/s1. The summed E-state index contributed by atoms with van der Waals surface area (Å²) in [7, 11) is 0. The van der Waals surface area contributed by atoms with Gasteiger partial charge in [0, 0.05) is 44.4 Å². The van der Waals surface area contributed by atoms with E-state index in [9.17, 15) is 29.3 Å². The van der Waals surface area contributed by atoms with Gasteiger partial charge in [0.2, 0.25) is 5.91 Å². The van der Waals surface area contributed by atoms with Gasteiger partial charge in [-0.2, -0.15) is 0 Å². The molecule has 1 fully saturated rings. The minimum atomic E-state index is -1.54. The second kappa shape index (κ2) is 13.8. The number of benzene rings is 2. The van der Waals surface area contributed by atoms with Crippen LogP contribution in [0.25, 0.3) is 6.08 Å². The molecular weight excluding hydrogens is 467 g/mol. The molecule has 0 unspecified atom stereocenters. The fourth-order valence-electron chi connectivity index (χ4n) is 3.86. The van der Waals surface area contributed by atoms with E-state index in [1.165, 1.54) is 23.1 Å². The van der Waals surface area contributed by atoms with Crippen LogP contribution in [-0.4, -0.2) is 94.6 Å². The van der Waals surface area contributed by atoms with E-state index in [0.29, 0.717) is 26.0 Å². The van der Waals surface area contributed by atoms with Gasteiger partial charge in [-0.05, 0) is 48.7 Å². The summed E-state index contributed by atoms with van der Waals surface area (Å²) in [6.45, 7) is 0.530. The van der Waals surface area contributed by atoms with E-state index in [4.69, 9.17) is 4.74 Å². The predicted octanol–water partition coefficient (Wildman–Crippen LogP) is 1.70. The molecule has 0 aliphatic carbocycles. The van der Waals surface area contributed by atoms with Crippen LogP contribution in [0.1, 0.15) is 28.8 Å². The number of ether oxygens (including phenoxy) is 1. The van der Waals surface area contributed by atoms with Crippen molar-refractivity contribution in [2.75, 3.05) is 39.4 Å². The summed E-state index contributed by atoms with van der Waals surface area (Å²) >= 11 is 0. The van der Waals surface area contributed by atoms with Gasteiger partial charge in [-0.25, -0.2) is 4.39 Å². The van der Waals surface area contributed by atoms with Crippen LogP contribution in [0.15, 0.2) is 60.7 Å². The molecular formula is C27H33FN2O6. The highest BCUT2D eigenvalue weighted by atomic mass is 19.1. The summed E-state index contributed by atoms with van der Waals surface area (Å²) in [5.74, 6) is -1.21. The smallest absolute Gasteiger partial charge is 0.254 e.